The molecule has 0 heterocycles. The fourth-order valence-corrected chi connectivity index (χ4v) is 4.97. The quantitative estimate of drug-likeness (QED) is 0.588. The molecular formula is C21H34O3. The van der Waals surface area contributed by atoms with Crippen LogP contribution in [0, 0.1) is 22.7 Å². The van der Waals surface area contributed by atoms with Gasteiger partial charge in [0.1, 0.15) is 0 Å². The first-order chi connectivity index (χ1) is 11.1. The Hall–Kier alpha value is -1.09. The van der Waals surface area contributed by atoms with Crippen LogP contribution in [0.5, 0.6) is 0 Å². The fourth-order valence-electron chi connectivity index (χ4n) is 4.97. The van der Waals surface area contributed by atoms with Crippen LogP contribution in [-0.2, 0) is 9.53 Å². The minimum atomic E-state index is -0.833. The largest absolute Gasteiger partial charge is 0.469 e. The van der Waals surface area contributed by atoms with Gasteiger partial charge in [-0.05, 0) is 69.6 Å². The van der Waals surface area contributed by atoms with E-state index < -0.39 is 11.0 Å². The Kier molecular flexibility index (Phi) is 5.34. The Morgan fingerprint density at radius 1 is 1.54 bits per heavy atom. The number of rotatable bonds is 5. The molecule has 0 amide bonds. The van der Waals surface area contributed by atoms with Crippen LogP contribution in [0.15, 0.2) is 24.3 Å². The maximum atomic E-state index is 12.5. The van der Waals surface area contributed by atoms with Crippen molar-refractivity contribution in [1.82, 2.24) is 0 Å². The highest BCUT2D eigenvalue weighted by Crippen LogP contribution is 2.58. The monoisotopic (exact) mass is 334 g/mol. The summed E-state index contributed by atoms with van der Waals surface area (Å²) in [6.07, 6.45) is 9.55. The van der Waals surface area contributed by atoms with Crippen LogP contribution in [0.3, 0.4) is 0 Å². The number of methoxy groups -OCH3 is 1. The van der Waals surface area contributed by atoms with Gasteiger partial charge in [0.15, 0.2) is 0 Å². The lowest BCUT2D eigenvalue weighted by Gasteiger charge is -2.52. The first kappa shape index (κ1) is 19.2. The lowest BCUT2D eigenvalue weighted by molar-refractivity contribution is -0.156. The summed E-state index contributed by atoms with van der Waals surface area (Å²) < 4.78 is 5.16. The number of ether oxygens (including phenoxy) is 1. The number of aliphatic hydroxyl groups is 1. The zero-order chi connectivity index (χ0) is 18.2. The first-order valence-electron chi connectivity index (χ1n) is 9.23. The molecule has 0 aromatic rings. The summed E-state index contributed by atoms with van der Waals surface area (Å²) in [7, 11) is 1.50. The van der Waals surface area contributed by atoms with E-state index in [1.807, 2.05) is 6.92 Å². The number of fused-ring (bicyclic) bond motifs is 1. The molecule has 2 aliphatic rings. The SMILES string of the molecule is C=C[C@](C)(O)CC[C@@]1(C)C[C@H](C)C[C@H]2C1=CCC[C@]2(C)C(=O)OC. The topological polar surface area (TPSA) is 46.5 Å². The number of allylic oxidation sites excluding steroid dienone is 2. The van der Waals surface area contributed by atoms with Gasteiger partial charge in [-0.25, -0.2) is 0 Å². The third-order valence-electron chi connectivity index (χ3n) is 6.58. The van der Waals surface area contributed by atoms with Crippen molar-refractivity contribution in [3.63, 3.8) is 0 Å². The van der Waals surface area contributed by atoms with Gasteiger partial charge in [0.25, 0.3) is 0 Å². The molecule has 1 fully saturated rings. The van der Waals surface area contributed by atoms with E-state index in [4.69, 9.17) is 4.74 Å². The summed E-state index contributed by atoms with van der Waals surface area (Å²) in [4.78, 5) is 12.5. The van der Waals surface area contributed by atoms with Gasteiger partial charge in [-0.2, -0.15) is 0 Å². The third kappa shape index (κ3) is 3.46. The van der Waals surface area contributed by atoms with Crippen molar-refractivity contribution in [2.75, 3.05) is 7.11 Å². The van der Waals surface area contributed by atoms with Crippen molar-refractivity contribution >= 4 is 5.97 Å². The Labute approximate surface area is 147 Å². The maximum absolute atomic E-state index is 12.5. The summed E-state index contributed by atoms with van der Waals surface area (Å²) in [6, 6.07) is 0. The average molecular weight is 335 g/mol. The Morgan fingerprint density at radius 2 is 2.21 bits per heavy atom. The molecule has 0 aromatic carbocycles. The van der Waals surface area contributed by atoms with E-state index in [2.05, 4.69) is 33.4 Å². The van der Waals surface area contributed by atoms with E-state index in [1.165, 1.54) is 12.7 Å². The summed E-state index contributed by atoms with van der Waals surface area (Å²) in [5.41, 5.74) is 0.195. The van der Waals surface area contributed by atoms with Crippen molar-refractivity contribution in [2.45, 2.75) is 71.8 Å². The molecule has 0 saturated heterocycles. The molecule has 0 bridgehead atoms. The first-order valence-corrected chi connectivity index (χ1v) is 9.23. The van der Waals surface area contributed by atoms with E-state index in [-0.39, 0.29) is 17.3 Å². The fraction of sp³-hybridized carbons (Fsp3) is 0.762. The highest BCUT2D eigenvalue weighted by atomic mass is 16.5. The molecule has 0 radical (unpaired) electrons. The van der Waals surface area contributed by atoms with Gasteiger partial charge < -0.3 is 9.84 Å². The number of carbonyl (C=O) groups is 1. The summed E-state index contributed by atoms with van der Waals surface area (Å²) in [6.45, 7) is 12.2. The average Bonchev–Trinajstić information content (AvgIpc) is 2.53. The molecule has 0 aromatic heterocycles. The van der Waals surface area contributed by atoms with Crippen LogP contribution in [-0.4, -0.2) is 23.8 Å². The molecule has 2 aliphatic carbocycles. The lowest BCUT2D eigenvalue weighted by atomic mass is 9.52. The van der Waals surface area contributed by atoms with Crippen molar-refractivity contribution in [1.29, 1.82) is 0 Å². The Balaban J connectivity index is 2.33. The Bertz CT molecular complexity index is 533. The van der Waals surface area contributed by atoms with Crippen molar-refractivity contribution in [3.8, 4) is 0 Å². The van der Waals surface area contributed by atoms with Gasteiger partial charge in [0.05, 0.1) is 18.1 Å². The minimum Gasteiger partial charge on any atom is -0.469 e. The van der Waals surface area contributed by atoms with Gasteiger partial charge in [0.2, 0.25) is 0 Å². The minimum absolute atomic E-state index is 0.0328. The van der Waals surface area contributed by atoms with Crippen LogP contribution in [0.25, 0.3) is 0 Å². The molecule has 3 heteroatoms. The molecule has 136 valence electrons. The molecule has 2 rings (SSSR count). The molecule has 1 N–H and O–H groups in total. The second-order valence-electron chi connectivity index (χ2n) is 8.83. The van der Waals surface area contributed by atoms with Gasteiger partial charge >= 0.3 is 5.97 Å². The van der Waals surface area contributed by atoms with Gasteiger partial charge in [0, 0.05) is 0 Å². The number of hydrogen-bond acceptors (Lipinski definition) is 3. The van der Waals surface area contributed by atoms with Crippen LogP contribution < -0.4 is 0 Å². The van der Waals surface area contributed by atoms with E-state index in [0.717, 1.165) is 32.1 Å². The van der Waals surface area contributed by atoms with Crippen LogP contribution in [0.1, 0.15) is 66.2 Å². The van der Waals surface area contributed by atoms with Crippen molar-refractivity contribution in [2.24, 2.45) is 22.7 Å². The molecule has 5 atom stereocenters. The molecule has 0 unspecified atom stereocenters. The molecule has 3 nitrogen and oxygen atoms in total. The van der Waals surface area contributed by atoms with E-state index in [9.17, 15) is 9.90 Å². The van der Waals surface area contributed by atoms with Crippen LogP contribution in [0.4, 0.5) is 0 Å². The zero-order valence-electron chi connectivity index (χ0n) is 16.0. The Morgan fingerprint density at radius 3 is 2.79 bits per heavy atom. The standard InChI is InChI=1S/C21H34O3/c1-7-20(4,23)12-11-19(3)14-15(2)13-17-16(19)9-8-10-21(17,5)18(22)24-6/h7,9,15,17,23H,1,8,10-14H2,2-6H3/t15-,17+,19+,20+,21+/m1/s1. The summed E-state index contributed by atoms with van der Waals surface area (Å²) in [5, 5.41) is 10.3. The van der Waals surface area contributed by atoms with Gasteiger partial charge in [-0.15, -0.1) is 6.58 Å². The molecule has 0 spiro atoms. The molecule has 1 saturated carbocycles. The third-order valence-corrected chi connectivity index (χ3v) is 6.58. The predicted molar refractivity (Wildman–Crippen MR) is 97.5 cm³/mol. The highest BCUT2D eigenvalue weighted by molar-refractivity contribution is 5.77. The second-order valence-corrected chi connectivity index (χ2v) is 8.83. The number of esters is 1. The lowest BCUT2D eigenvalue weighted by Crippen LogP contribution is -2.47. The maximum Gasteiger partial charge on any atom is 0.312 e. The van der Waals surface area contributed by atoms with E-state index in [1.54, 1.807) is 6.08 Å². The molecular weight excluding hydrogens is 300 g/mol. The van der Waals surface area contributed by atoms with E-state index >= 15 is 0 Å². The number of hydrogen-bond donors (Lipinski definition) is 1. The molecule has 24 heavy (non-hydrogen) atoms. The van der Waals surface area contributed by atoms with E-state index in [0.29, 0.717) is 12.3 Å². The second kappa shape index (κ2) is 6.67. The number of carbonyl (C=O) groups excluding carboxylic acids is 1. The smallest absolute Gasteiger partial charge is 0.312 e. The van der Waals surface area contributed by atoms with Crippen molar-refractivity contribution in [3.05, 3.63) is 24.3 Å². The van der Waals surface area contributed by atoms with Crippen molar-refractivity contribution < 1.29 is 14.6 Å². The summed E-state index contributed by atoms with van der Waals surface area (Å²) in [5.74, 6) is 0.738. The molecule has 0 aliphatic heterocycles. The highest BCUT2D eigenvalue weighted by Gasteiger charge is 2.52. The van der Waals surface area contributed by atoms with Gasteiger partial charge in [-0.1, -0.05) is 31.6 Å². The predicted octanol–water partition coefficient (Wildman–Crippen LogP) is 4.66. The van der Waals surface area contributed by atoms with Crippen LogP contribution >= 0.6 is 0 Å². The summed E-state index contributed by atoms with van der Waals surface area (Å²) >= 11 is 0. The normalized spacial score (nSPS) is 38.5. The zero-order valence-corrected chi connectivity index (χ0v) is 16.0. The van der Waals surface area contributed by atoms with Gasteiger partial charge in [-0.3, -0.25) is 4.79 Å². The van der Waals surface area contributed by atoms with Crippen LogP contribution in [0.2, 0.25) is 0 Å².